The maximum absolute atomic E-state index is 13.0. The Hall–Kier alpha value is -4.47. The number of hydrogen-bond donors (Lipinski definition) is 2. The number of halogens is 3. The average Bonchev–Trinajstić information content (AvgIpc) is 3.36. The van der Waals surface area contributed by atoms with E-state index in [4.69, 9.17) is 9.47 Å². The first-order chi connectivity index (χ1) is 21.7. The second kappa shape index (κ2) is 14.5. The first-order valence-corrected chi connectivity index (χ1v) is 14.9. The lowest BCUT2D eigenvalue weighted by Gasteiger charge is -2.18. The number of fused-ring (bicyclic) bond motifs is 3. The summed E-state index contributed by atoms with van der Waals surface area (Å²) in [5.41, 5.74) is 5.79. The number of rotatable bonds is 13. The van der Waals surface area contributed by atoms with Crippen molar-refractivity contribution in [3.8, 4) is 11.1 Å². The summed E-state index contributed by atoms with van der Waals surface area (Å²) >= 11 is 0. The summed E-state index contributed by atoms with van der Waals surface area (Å²) in [6, 6.07) is 28.5. The van der Waals surface area contributed by atoms with Gasteiger partial charge in [-0.15, -0.1) is 0 Å². The first-order valence-electron chi connectivity index (χ1n) is 14.9. The number of carbonyl (C=O) groups excluding carboxylic acids is 2. The number of carbonyl (C=O) groups is 2. The molecule has 4 aromatic carbocycles. The van der Waals surface area contributed by atoms with Gasteiger partial charge in [-0.3, -0.25) is 4.79 Å². The molecule has 1 aliphatic carbocycles. The molecule has 5 rings (SSSR count). The van der Waals surface area contributed by atoms with Crippen LogP contribution in [0, 0.1) is 0 Å². The van der Waals surface area contributed by atoms with Crippen LogP contribution < -0.4 is 10.6 Å². The quantitative estimate of drug-likeness (QED) is 0.129. The highest BCUT2D eigenvalue weighted by Gasteiger charge is 2.31. The highest BCUT2D eigenvalue weighted by atomic mass is 19.4. The minimum absolute atomic E-state index is 0.00744. The maximum Gasteiger partial charge on any atom is 0.416 e. The van der Waals surface area contributed by atoms with Crippen LogP contribution in [-0.2, 0) is 26.9 Å². The van der Waals surface area contributed by atoms with Gasteiger partial charge in [0.2, 0.25) is 5.91 Å². The van der Waals surface area contributed by atoms with E-state index in [2.05, 4.69) is 34.9 Å². The molecule has 234 valence electrons. The molecule has 1 atom stereocenters. The van der Waals surface area contributed by atoms with E-state index in [-0.39, 0.29) is 25.0 Å². The summed E-state index contributed by atoms with van der Waals surface area (Å²) in [6.07, 6.45) is -4.02. The van der Waals surface area contributed by atoms with Crippen molar-refractivity contribution >= 4 is 11.9 Å². The first kappa shape index (κ1) is 31.9. The molecule has 0 heterocycles. The molecule has 0 saturated carbocycles. The molecular formula is C36H35F3N2O4. The zero-order valence-corrected chi connectivity index (χ0v) is 24.9. The number of alkyl halides is 3. The minimum Gasteiger partial charge on any atom is -0.461 e. The van der Waals surface area contributed by atoms with Gasteiger partial charge < -0.3 is 20.1 Å². The summed E-state index contributed by atoms with van der Waals surface area (Å²) in [5, 5.41) is 6.09. The molecule has 0 saturated heterocycles. The fraction of sp³-hybridized carbons (Fsp3) is 0.278. The van der Waals surface area contributed by atoms with Crippen molar-refractivity contribution in [3.05, 3.63) is 130 Å². The molecule has 45 heavy (non-hydrogen) atoms. The van der Waals surface area contributed by atoms with Crippen molar-refractivity contribution in [2.75, 3.05) is 33.4 Å². The molecular weight excluding hydrogens is 581 g/mol. The molecule has 0 bridgehead atoms. The second-order valence-electron chi connectivity index (χ2n) is 10.9. The Morgan fingerprint density at radius 2 is 1.51 bits per heavy atom. The summed E-state index contributed by atoms with van der Waals surface area (Å²) in [4.78, 5) is 25.3. The molecule has 9 heteroatoms. The number of benzene rings is 4. The van der Waals surface area contributed by atoms with Gasteiger partial charge >= 0.3 is 12.1 Å². The van der Waals surface area contributed by atoms with Gasteiger partial charge in [0.15, 0.2) is 0 Å². The van der Waals surface area contributed by atoms with Crippen LogP contribution in [0.2, 0.25) is 0 Å². The molecule has 0 spiro atoms. The SMILES string of the molecule is COC(CNCCOC(=O)c1ccc(CCNC(=O)CC2c3ccccc3-c3ccccc32)cc1)c1cccc(C(F)(F)F)c1. The highest BCUT2D eigenvalue weighted by molar-refractivity contribution is 5.89. The molecule has 1 aliphatic rings. The smallest absolute Gasteiger partial charge is 0.416 e. The van der Waals surface area contributed by atoms with E-state index < -0.39 is 23.8 Å². The Balaban J connectivity index is 1.02. The average molecular weight is 617 g/mol. The van der Waals surface area contributed by atoms with Crippen molar-refractivity contribution in [2.24, 2.45) is 0 Å². The van der Waals surface area contributed by atoms with Gasteiger partial charge in [-0.2, -0.15) is 13.2 Å². The van der Waals surface area contributed by atoms with Gasteiger partial charge in [0, 0.05) is 39.1 Å². The van der Waals surface area contributed by atoms with Crippen LogP contribution in [0.1, 0.15) is 56.6 Å². The number of amides is 1. The van der Waals surface area contributed by atoms with E-state index in [1.54, 1.807) is 18.2 Å². The highest BCUT2D eigenvalue weighted by Crippen LogP contribution is 2.46. The second-order valence-corrected chi connectivity index (χ2v) is 10.9. The number of ether oxygens (including phenoxy) is 2. The van der Waals surface area contributed by atoms with Crippen LogP contribution >= 0.6 is 0 Å². The third-order valence-corrected chi connectivity index (χ3v) is 7.99. The van der Waals surface area contributed by atoms with Crippen LogP contribution in [0.5, 0.6) is 0 Å². The third kappa shape index (κ3) is 7.98. The van der Waals surface area contributed by atoms with Crippen LogP contribution in [0.4, 0.5) is 13.2 Å². The predicted molar refractivity (Wildman–Crippen MR) is 166 cm³/mol. The zero-order chi connectivity index (χ0) is 31.8. The van der Waals surface area contributed by atoms with Gasteiger partial charge in [0.25, 0.3) is 0 Å². The lowest BCUT2D eigenvalue weighted by Crippen LogP contribution is -2.27. The van der Waals surface area contributed by atoms with Gasteiger partial charge in [-0.05, 0) is 64.1 Å². The third-order valence-electron chi connectivity index (χ3n) is 7.99. The summed E-state index contributed by atoms with van der Waals surface area (Å²) in [5.74, 6) is -0.448. The number of nitrogens with one attached hydrogen (secondary N) is 2. The summed E-state index contributed by atoms with van der Waals surface area (Å²) < 4.78 is 49.8. The van der Waals surface area contributed by atoms with Gasteiger partial charge in [-0.1, -0.05) is 72.8 Å². The van der Waals surface area contributed by atoms with E-state index >= 15 is 0 Å². The zero-order valence-electron chi connectivity index (χ0n) is 24.9. The van der Waals surface area contributed by atoms with E-state index in [0.29, 0.717) is 37.1 Å². The van der Waals surface area contributed by atoms with Crippen molar-refractivity contribution < 1.29 is 32.2 Å². The largest absolute Gasteiger partial charge is 0.461 e. The molecule has 4 aromatic rings. The molecule has 1 amide bonds. The fourth-order valence-corrected chi connectivity index (χ4v) is 5.68. The Morgan fingerprint density at radius 1 is 0.844 bits per heavy atom. The lowest BCUT2D eigenvalue weighted by atomic mass is 9.93. The van der Waals surface area contributed by atoms with Gasteiger partial charge in [0.1, 0.15) is 6.61 Å². The minimum atomic E-state index is -4.43. The monoisotopic (exact) mass is 616 g/mol. The Bertz CT molecular complexity index is 1580. The molecule has 6 nitrogen and oxygen atoms in total. The van der Waals surface area contributed by atoms with Crippen LogP contribution in [0.15, 0.2) is 97.1 Å². The molecule has 2 N–H and O–H groups in total. The molecule has 1 unspecified atom stereocenters. The molecule has 0 aliphatic heterocycles. The summed E-state index contributed by atoms with van der Waals surface area (Å²) in [6.45, 7) is 1.12. The van der Waals surface area contributed by atoms with E-state index in [1.165, 1.54) is 35.4 Å². The Morgan fingerprint density at radius 3 is 2.16 bits per heavy atom. The topological polar surface area (TPSA) is 76.7 Å². The van der Waals surface area contributed by atoms with Crippen LogP contribution in [0.3, 0.4) is 0 Å². The van der Waals surface area contributed by atoms with E-state index in [1.807, 2.05) is 36.4 Å². The van der Waals surface area contributed by atoms with Gasteiger partial charge in [-0.25, -0.2) is 4.79 Å². The lowest BCUT2D eigenvalue weighted by molar-refractivity contribution is -0.137. The standard InChI is InChI=1S/C36H35F3N2O4/c1-44-33(26-7-6-8-27(21-26)36(37,38)39)23-40-19-20-45-35(43)25-15-13-24(14-16-25)17-18-41-34(42)22-32-30-11-4-2-9-28(30)29-10-3-5-12-31(29)32/h2-16,21,32-33,40H,17-20,22-23H2,1H3,(H,41,42). The van der Waals surface area contributed by atoms with Gasteiger partial charge in [0.05, 0.1) is 17.2 Å². The fourth-order valence-electron chi connectivity index (χ4n) is 5.68. The van der Waals surface area contributed by atoms with Crippen LogP contribution in [0.25, 0.3) is 11.1 Å². The molecule has 0 radical (unpaired) electrons. The molecule has 0 aromatic heterocycles. The van der Waals surface area contributed by atoms with Crippen molar-refractivity contribution in [2.45, 2.75) is 31.0 Å². The van der Waals surface area contributed by atoms with Crippen molar-refractivity contribution in [3.63, 3.8) is 0 Å². The predicted octanol–water partition coefficient (Wildman–Crippen LogP) is 6.70. The van der Waals surface area contributed by atoms with E-state index in [9.17, 15) is 22.8 Å². The number of methoxy groups -OCH3 is 1. The number of esters is 1. The summed E-state index contributed by atoms with van der Waals surface area (Å²) in [7, 11) is 1.43. The Kier molecular flexibility index (Phi) is 10.3. The van der Waals surface area contributed by atoms with Crippen LogP contribution in [-0.4, -0.2) is 45.2 Å². The van der Waals surface area contributed by atoms with Crippen molar-refractivity contribution in [1.82, 2.24) is 10.6 Å². The van der Waals surface area contributed by atoms with Crippen molar-refractivity contribution in [1.29, 1.82) is 0 Å². The van der Waals surface area contributed by atoms with E-state index in [0.717, 1.165) is 17.7 Å². The Labute approximate surface area is 260 Å². The number of hydrogen-bond acceptors (Lipinski definition) is 5. The molecule has 0 fully saturated rings. The maximum atomic E-state index is 13.0. The normalized spacial score (nSPS) is 13.2.